The summed E-state index contributed by atoms with van der Waals surface area (Å²) in [7, 11) is 0. The molecule has 2 aliphatic heterocycles. The van der Waals surface area contributed by atoms with Crippen LogP contribution in [0.3, 0.4) is 0 Å². The zero-order valence-electron chi connectivity index (χ0n) is 8.66. The summed E-state index contributed by atoms with van der Waals surface area (Å²) in [5.41, 5.74) is 7.34. The quantitative estimate of drug-likeness (QED) is 0.699. The second kappa shape index (κ2) is 3.56. The van der Waals surface area contributed by atoms with E-state index < -0.39 is 0 Å². The van der Waals surface area contributed by atoms with E-state index in [1.54, 1.807) is 11.3 Å². The molecule has 1 spiro atoms. The zero-order chi connectivity index (χ0) is 10.3. The summed E-state index contributed by atoms with van der Waals surface area (Å²) in [6, 6.07) is 2.24. The van der Waals surface area contributed by atoms with Crippen LogP contribution in [0.1, 0.15) is 29.3 Å². The summed E-state index contributed by atoms with van der Waals surface area (Å²) in [6.07, 6.45) is 2.15. The first-order valence-corrected chi connectivity index (χ1v) is 6.38. The third-order valence-corrected chi connectivity index (χ3v) is 4.57. The van der Waals surface area contributed by atoms with E-state index >= 15 is 0 Å². The molecule has 3 heterocycles. The molecule has 3 rings (SSSR count). The Labute approximate surface area is 93.6 Å². The first-order chi connectivity index (χ1) is 7.32. The van der Waals surface area contributed by atoms with Crippen LogP contribution in [-0.4, -0.2) is 19.7 Å². The lowest BCUT2D eigenvalue weighted by Gasteiger charge is -2.42. The van der Waals surface area contributed by atoms with Gasteiger partial charge in [-0.2, -0.15) is 0 Å². The van der Waals surface area contributed by atoms with Crippen molar-refractivity contribution in [2.24, 2.45) is 5.73 Å². The Kier molecular flexibility index (Phi) is 2.32. The molecule has 1 atom stereocenters. The summed E-state index contributed by atoms with van der Waals surface area (Å²) in [5, 5.41) is 5.53. The van der Waals surface area contributed by atoms with Gasteiger partial charge in [0.1, 0.15) is 5.60 Å². The van der Waals surface area contributed by atoms with Gasteiger partial charge in [-0.05, 0) is 42.9 Å². The molecule has 0 radical (unpaired) electrons. The number of nitrogens with two attached hydrogens (primary N) is 1. The van der Waals surface area contributed by atoms with Crippen molar-refractivity contribution in [3.8, 4) is 0 Å². The topological polar surface area (TPSA) is 47.3 Å². The van der Waals surface area contributed by atoms with Crippen LogP contribution in [-0.2, 0) is 10.3 Å². The van der Waals surface area contributed by atoms with Gasteiger partial charge in [-0.15, -0.1) is 11.3 Å². The van der Waals surface area contributed by atoms with Gasteiger partial charge in [-0.3, -0.25) is 0 Å². The monoisotopic (exact) mass is 224 g/mol. The highest BCUT2D eigenvalue weighted by Crippen LogP contribution is 2.45. The Morgan fingerprint density at radius 1 is 1.47 bits per heavy atom. The van der Waals surface area contributed by atoms with Crippen LogP contribution in [0, 0.1) is 0 Å². The summed E-state index contributed by atoms with van der Waals surface area (Å²) >= 11 is 1.80. The third kappa shape index (κ3) is 1.44. The van der Waals surface area contributed by atoms with Crippen molar-refractivity contribution in [2.75, 3.05) is 19.7 Å². The molecule has 0 aromatic carbocycles. The molecule has 0 aliphatic carbocycles. The normalized spacial score (nSPS) is 29.0. The van der Waals surface area contributed by atoms with Crippen molar-refractivity contribution in [1.82, 2.24) is 5.32 Å². The van der Waals surface area contributed by atoms with Crippen molar-refractivity contribution in [3.63, 3.8) is 0 Å². The van der Waals surface area contributed by atoms with Crippen molar-refractivity contribution in [2.45, 2.75) is 24.5 Å². The Morgan fingerprint density at radius 3 is 3.07 bits per heavy atom. The standard InChI is InChI=1S/C11H16N2OS/c12-9-7-14-11(2-4-13-5-3-11)10-8(9)1-6-15-10/h1,6,9,13H,2-5,7,12H2. The second-order valence-electron chi connectivity index (χ2n) is 4.37. The van der Waals surface area contributed by atoms with E-state index in [4.69, 9.17) is 10.5 Å². The molecule has 2 aliphatic rings. The van der Waals surface area contributed by atoms with Crippen LogP contribution in [0.25, 0.3) is 0 Å². The fourth-order valence-corrected chi connectivity index (χ4v) is 3.77. The van der Waals surface area contributed by atoms with Gasteiger partial charge in [0.2, 0.25) is 0 Å². The van der Waals surface area contributed by atoms with Gasteiger partial charge >= 0.3 is 0 Å². The maximum atomic E-state index is 6.05. The maximum Gasteiger partial charge on any atom is 0.105 e. The lowest BCUT2D eigenvalue weighted by atomic mass is 9.85. The fraction of sp³-hybridized carbons (Fsp3) is 0.636. The number of ether oxygens (including phenoxy) is 1. The summed E-state index contributed by atoms with van der Waals surface area (Å²) in [4.78, 5) is 1.38. The van der Waals surface area contributed by atoms with Crippen LogP contribution < -0.4 is 11.1 Å². The van der Waals surface area contributed by atoms with Gasteiger partial charge in [-0.1, -0.05) is 0 Å². The lowest BCUT2D eigenvalue weighted by molar-refractivity contribution is -0.0854. The number of rotatable bonds is 0. The summed E-state index contributed by atoms with van der Waals surface area (Å²) in [5.74, 6) is 0. The van der Waals surface area contributed by atoms with Crippen LogP contribution in [0.15, 0.2) is 11.4 Å². The highest BCUT2D eigenvalue weighted by atomic mass is 32.1. The van der Waals surface area contributed by atoms with Gasteiger partial charge in [0.25, 0.3) is 0 Å². The highest BCUT2D eigenvalue weighted by molar-refractivity contribution is 7.10. The molecule has 1 aromatic heterocycles. The van der Waals surface area contributed by atoms with Crippen molar-refractivity contribution in [1.29, 1.82) is 0 Å². The molecular weight excluding hydrogens is 208 g/mol. The Balaban J connectivity index is 2.02. The fourth-order valence-electron chi connectivity index (χ4n) is 2.59. The van der Waals surface area contributed by atoms with E-state index in [9.17, 15) is 0 Å². The van der Waals surface area contributed by atoms with Gasteiger partial charge < -0.3 is 15.8 Å². The molecule has 0 saturated carbocycles. The van der Waals surface area contributed by atoms with E-state index in [1.807, 2.05) is 0 Å². The number of piperidine rings is 1. The first kappa shape index (κ1) is 9.78. The third-order valence-electron chi connectivity index (χ3n) is 3.46. The number of hydrogen-bond acceptors (Lipinski definition) is 4. The Bertz CT molecular complexity index is 357. The first-order valence-electron chi connectivity index (χ1n) is 5.50. The highest BCUT2D eigenvalue weighted by Gasteiger charge is 2.41. The van der Waals surface area contributed by atoms with Gasteiger partial charge in [0.05, 0.1) is 12.6 Å². The molecule has 1 unspecified atom stereocenters. The zero-order valence-corrected chi connectivity index (χ0v) is 9.48. The molecule has 0 bridgehead atoms. The van der Waals surface area contributed by atoms with Gasteiger partial charge in [-0.25, -0.2) is 0 Å². The smallest absolute Gasteiger partial charge is 0.105 e. The number of hydrogen-bond donors (Lipinski definition) is 2. The van der Waals surface area contributed by atoms with E-state index in [-0.39, 0.29) is 11.6 Å². The van der Waals surface area contributed by atoms with Gasteiger partial charge in [0.15, 0.2) is 0 Å². The molecule has 1 aromatic rings. The van der Waals surface area contributed by atoms with Crippen molar-refractivity contribution < 1.29 is 4.74 Å². The van der Waals surface area contributed by atoms with Crippen LogP contribution >= 0.6 is 11.3 Å². The summed E-state index contributed by atoms with van der Waals surface area (Å²) < 4.78 is 6.05. The van der Waals surface area contributed by atoms with E-state index in [2.05, 4.69) is 16.8 Å². The van der Waals surface area contributed by atoms with Gasteiger partial charge in [0, 0.05) is 4.88 Å². The molecule has 1 saturated heterocycles. The van der Waals surface area contributed by atoms with Crippen LogP contribution in [0.4, 0.5) is 0 Å². The number of thiophene rings is 1. The Morgan fingerprint density at radius 2 is 2.27 bits per heavy atom. The van der Waals surface area contributed by atoms with E-state index in [0.717, 1.165) is 25.9 Å². The van der Waals surface area contributed by atoms with Crippen molar-refractivity contribution in [3.05, 3.63) is 21.9 Å². The van der Waals surface area contributed by atoms with Crippen LogP contribution in [0.5, 0.6) is 0 Å². The van der Waals surface area contributed by atoms with E-state index in [0.29, 0.717) is 6.61 Å². The molecule has 3 nitrogen and oxygen atoms in total. The number of fused-ring (bicyclic) bond motifs is 2. The lowest BCUT2D eigenvalue weighted by Crippen LogP contribution is -2.45. The average Bonchev–Trinajstić information content (AvgIpc) is 2.76. The van der Waals surface area contributed by atoms with Crippen LogP contribution in [0.2, 0.25) is 0 Å². The second-order valence-corrected chi connectivity index (χ2v) is 5.28. The molecule has 82 valence electrons. The minimum absolute atomic E-state index is 0.0232. The maximum absolute atomic E-state index is 6.05. The molecule has 1 fully saturated rings. The molecule has 0 amide bonds. The largest absolute Gasteiger partial charge is 0.367 e. The predicted molar refractivity (Wildman–Crippen MR) is 61.0 cm³/mol. The van der Waals surface area contributed by atoms with E-state index in [1.165, 1.54) is 10.4 Å². The molecular formula is C11H16N2OS. The predicted octanol–water partition coefficient (Wildman–Crippen LogP) is 1.36. The summed E-state index contributed by atoms with van der Waals surface area (Å²) in [6.45, 7) is 2.77. The molecule has 3 N–H and O–H groups in total. The van der Waals surface area contributed by atoms with Crippen molar-refractivity contribution >= 4 is 11.3 Å². The minimum Gasteiger partial charge on any atom is -0.367 e. The number of nitrogens with one attached hydrogen (secondary N) is 1. The molecule has 4 heteroatoms. The minimum atomic E-state index is -0.0232. The Hall–Kier alpha value is -0.420. The average molecular weight is 224 g/mol. The SMILES string of the molecule is NC1COC2(CCNCC2)c2sccc21. The molecule has 15 heavy (non-hydrogen) atoms.